The van der Waals surface area contributed by atoms with Crippen LogP contribution < -0.4 is 4.74 Å². The Hall–Kier alpha value is -1.49. The molecule has 0 unspecified atom stereocenters. The van der Waals surface area contributed by atoms with E-state index < -0.39 is 10.0 Å². The number of nitrogens with zero attached hydrogens (tertiary/aromatic N) is 1. The molecule has 5 heteroatoms. The molecule has 0 aromatic heterocycles. The lowest BCUT2D eigenvalue weighted by Crippen LogP contribution is -1.99. The van der Waals surface area contributed by atoms with Crippen LogP contribution in [0, 0.1) is 0 Å². The number of hydrogen-bond donors (Lipinski definition) is 0. The van der Waals surface area contributed by atoms with Gasteiger partial charge >= 0.3 is 0 Å². The number of benzene rings is 1. The van der Waals surface area contributed by atoms with Crippen molar-refractivity contribution in [2.45, 2.75) is 0 Å². The molecule has 82 valence electrons. The Morgan fingerprint density at radius 2 is 2.00 bits per heavy atom. The van der Waals surface area contributed by atoms with Crippen LogP contribution in [0.2, 0.25) is 0 Å². The molecule has 1 aromatic rings. The Morgan fingerprint density at radius 3 is 2.47 bits per heavy atom. The van der Waals surface area contributed by atoms with Gasteiger partial charge in [-0.2, -0.15) is 0 Å². The Labute approximate surface area is 89.6 Å². The van der Waals surface area contributed by atoms with Crippen LogP contribution in [0.1, 0.15) is 0 Å². The average Bonchev–Trinajstić information content (AvgIpc) is 2.18. The smallest absolute Gasteiger partial charge is 0.118 e. The summed E-state index contributed by atoms with van der Waals surface area (Å²) in [7, 11) is -1.90. The molecule has 0 fully saturated rings. The molecular formula is C10H12NO3S-. The minimum atomic E-state index is -3.44. The fourth-order valence-corrected chi connectivity index (χ4v) is 1.81. The fraction of sp³-hybridized carbons (Fsp3) is 0.200. The Kier molecular flexibility index (Phi) is 3.74. The van der Waals surface area contributed by atoms with Crippen LogP contribution >= 0.6 is 0 Å². The van der Waals surface area contributed by atoms with Crippen molar-refractivity contribution >= 4 is 15.7 Å². The van der Waals surface area contributed by atoms with Crippen molar-refractivity contribution in [1.29, 1.82) is 0 Å². The molecule has 0 amide bonds. The molecule has 4 nitrogen and oxygen atoms in total. The molecule has 0 aliphatic heterocycles. The average molecular weight is 226 g/mol. The highest BCUT2D eigenvalue weighted by molar-refractivity contribution is 7.94. The Balaban J connectivity index is 2.77. The van der Waals surface area contributed by atoms with Crippen molar-refractivity contribution in [2.24, 2.45) is 0 Å². The van der Waals surface area contributed by atoms with Crippen molar-refractivity contribution in [3.63, 3.8) is 0 Å². The van der Waals surface area contributed by atoms with Gasteiger partial charge in [0.05, 0.1) is 22.9 Å². The number of methoxy groups -OCH3 is 1. The Morgan fingerprint density at radius 1 is 1.40 bits per heavy atom. The summed E-state index contributed by atoms with van der Waals surface area (Å²) < 4.78 is 31.1. The van der Waals surface area contributed by atoms with Gasteiger partial charge in [-0.15, -0.1) is 12.3 Å². The molecule has 0 saturated heterocycles. The number of hydrogen-bond acceptors (Lipinski definition) is 3. The summed E-state index contributed by atoms with van der Waals surface area (Å²) in [5.74, 6) is 0.508. The lowest BCUT2D eigenvalue weighted by atomic mass is 10.3. The van der Waals surface area contributed by atoms with Gasteiger partial charge in [-0.05, 0) is 12.1 Å². The summed E-state index contributed by atoms with van der Waals surface area (Å²) in [4.78, 5) is 0. The van der Waals surface area contributed by atoms with E-state index in [0.717, 1.165) is 0 Å². The van der Waals surface area contributed by atoms with Crippen molar-refractivity contribution in [2.75, 3.05) is 12.9 Å². The van der Waals surface area contributed by atoms with E-state index in [0.29, 0.717) is 11.4 Å². The van der Waals surface area contributed by atoms with Crippen molar-refractivity contribution in [1.82, 2.24) is 0 Å². The van der Waals surface area contributed by atoms with Crippen molar-refractivity contribution in [3.8, 4) is 5.75 Å². The van der Waals surface area contributed by atoms with Gasteiger partial charge in [0.25, 0.3) is 0 Å². The minimum Gasteiger partial charge on any atom is -0.577 e. The largest absolute Gasteiger partial charge is 0.577 e. The molecule has 0 spiro atoms. The maximum Gasteiger partial charge on any atom is 0.118 e. The van der Waals surface area contributed by atoms with Gasteiger partial charge in [-0.1, -0.05) is 18.2 Å². The molecular weight excluding hydrogens is 214 g/mol. The lowest BCUT2D eigenvalue weighted by Gasteiger charge is -2.20. The van der Waals surface area contributed by atoms with E-state index in [2.05, 4.69) is 11.3 Å². The summed E-state index contributed by atoms with van der Waals surface area (Å²) >= 11 is 0. The van der Waals surface area contributed by atoms with Crippen LogP contribution in [0.15, 0.2) is 36.9 Å². The third-order valence-corrected chi connectivity index (χ3v) is 2.79. The molecule has 0 radical (unpaired) electrons. The quantitative estimate of drug-likeness (QED) is 0.723. The van der Waals surface area contributed by atoms with E-state index in [1.54, 1.807) is 31.4 Å². The van der Waals surface area contributed by atoms with Gasteiger partial charge in [0.2, 0.25) is 0 Å². The zero-order chi connectivity index (χ0) is 11.3. The minimum absolute atomic E-state index is 0.154. The topological polar surface area (TPSA) is 57.5 Å². The van der Waals surface area contributed by atoms with Crippen LogP contribution in [0.3, 0.4) is 0 Å². The maximum absolute atomic E-state index is 11.3. The summed E-state index contributed by atoms with van der Waals surface area (Å²) in [5.41, 5.74) is 0.387. The third kappa shape index (κ3) is 3.63. The van der Waals surface area contributed by atoms with Gasteiger partial charge in [0, 0.05) is 0 Å². The van der Waals surface area contributed by atoms with E-state index in [9.17, 15) is 8.42 Å². The van der Waals surface area contributed by atoms with E-state index >= 15 is 0 Å². The van der Waals surface area contributed by atoms with E-state index in [1.165, 1.54) is 6.08 Å². The number of rotatable bonds is 5. The molecule has 0 saturated carbocycles. The zero-order valence-corrected chi connectivity index (χ0v) is 9.20. The van der Waals surface area contributed by atoms with Crippen LogP contribution in [-0.4, -0.2) is 21.3 Å². The van der Waals surface area contributed by atoms with Crippen molar-refractivity contribution in [3.05, 3.63) is 41.6 Å². The van der Waals surface area contributed by atoms with E-state index in [1.807, 2.05) is 0 Å². The highest BCUT2D eigenvalue weighted by atomic mass is 32.2. The van der Waals surface area contributed by atoms with Crippen LogP contribution in [-0.2, 0) is 10.0 Å². The van der Waals surface area contributed by atoms with Crippen LogP contribution in [0.5, 0.6) is 5.75 Å². The fourth-order valence-electron chi connectivity index (χ4n) is 0.990. The predicted octanol–water partition coefficient (Wildman–Crippen LogP) is 2.22. The molecule has 0 bridgehead atoms. The molecule has 0 heterocycles. The summed E-state index contributed by atoms with van der Waals surface area (Å²) in [6.45, 7) is 3.36. The van der Waals surface area contributed by atoms with Gasteiger partial charge in [-0.3, -0.25) is 0 Å². The monoisotopic (exact) mass is 226 g/mol. The number of sulfonamides is 1. The second kappa shape index (κ2) is 4.84. The van der Waals surface area contributed by atoms with Crippen LogP contribution in [0.25, 0.3) is 4.72 Å². The van der Waals surface area contributed by atoms with Gasteiger partial charge < -0.3 is 9.46 Å². The van der Waals surface area contributed by atoms with E-state index in [-0.39, 0.29) is 5.75 Å². The van der Waals surface area contributed by atoms with Gasteiger partial charge in [-0.25, -0.2) is 8.42 Å². The first-order valence-corrected chi connectivity index (χ1v) is 5.89. The second-order valence-electron chi connectivity index (χ2n) is 2.83. The molecule has 1 aromatic carbocycles. The first kappa shape index (κ1) is 11.6. The lowest BCUT2D eigenvalue weighted by molar-refractivity contribution is 0.415. The number of ether oxygens (including phenoxy) is 1. The summed E-state index contributed by atoms with van der Waals surface area (Å²) in [5, 5.41) is 0. The third-order valence-electron chi connectivity index (χ3n) is 1.65. The molecule has 1 rings (SSSR count). The normalized spacial score (nSPS) is 10.7. The second-order valence-corrected chi connectivity index (χ2v) is 4.51. The zero-order valence-electron chi connectivity index (χ0n) is 8.38. The standard InChI is InChI=1S/C10H12NO3S/c1-3-8-15(12,13)11-9-4-6-10(14-2)7-5-9/h3-7H,1,8H2,2H3/q-1. The van der Waals surface area contributed by atoms with Gasteiger partial charge in [0.1, 0.15) is 5.75 Å². The maximum atomic E-state index is 11.3. The molecule has 0 aliphatic carbocycles. The summed E-state index contributed by atoms with van der Waals surface area (Å²) in [6, 6.07) is 6.48. The van der Waals surface area contributed by atoms with Gasteiger partial charge in [0.15, 0.2) is 0 Å². The molecule has 15 heavy (non-hydrogen) atoms. The predicted molar refractivity (Wildman–Crippen MR) is 60.0 cm³/mol. The van der Waals surface area contributed by atoms with Crippen LogP contribution in [0.4, 0.5) is 5.69 Å². The summed E-state index contributed by atoms with van der Waals surface area (Å²) in [6.07, 6.45) is 1.31. The molecule has 0 atom stereocenters. The Bertz CT molecular complexity index is 422. The van der Waals surface area contributed by atoms with Crippen molar-refractivity contribution < 1.29 is 13.2 Å². The first-order chi connectivity index (χ1) is 7.07. The van der Waals surface area contributed by atoms with E-state index in [4.69, 9.17) is 4.74 Å². The molecule has 0 aliphatic rings. The highest BCUT2D eigenvalue weighted by Gasteiger charge is 1.95. The SMILES string of the molecule is C=CCS(=O)(=O)[N-]c1ccc(OC)cc1. The highest BCUT2D eigenvalue weighted by Crippen LogP contribution is 2.25. The first-order valence-electron chi connectivity index (χ1n) is 4.28. The molecule has 0 N–H and O–H groups in total.